The van der Waals surface area contributed by atoms with Crippen molar-refractivity contribution in [1.29, 1.82) is 0 Å². The van der Waals surface area contributed by atoms with Crippen LogP contribution < -0.4 is 26.2 Å². The highest BCUT2D eigenvalue weighted by atomic mass is 19.1. The van der Waals surface area contributed by atoms with Crippen LogP contribution in [0, 0.1) is 5.82 Å². The normalized spacial score (nSPS) is 14.2. The molecule has 1 fully saturated rings. The van der Waals surface area contributed by atoms with Crippen LogP contribution in [-0.4, -0.2) is 102 Å². The van der Waals surface area contributed by atoms with Gasteiger partial charge in [0, 0.05) is 65.0 Å². The van der Waals surface area contributed by atoms with Crippen LogP contribution >= 0.6 is 0 Å². The summed E-state index contributed by atoms with van der Waals surface area (Å²) >= 11 is 0. The number of amides is 1. The van der Waals surface area contributed by atoms with Gasteiger partial charge >= 0.3 is 0 Å². The Morgan fingerprint density at radius 2 is 1.97 bits per heavy atom. The van der Waals surface area contributed by atoms with Crippen molar-refractivity contribution in [1.82, 2.24) is 40.1 Å². The molecule has 3 aromatic heterocycles. The number of furan rings is 1. The molecule has 4 N–H and O–H groups in total. The number of benzene rings is 1. The molecule has 14 heteroatoms. The second kappa shape index (κ2) is 11.6. The Morgan fingerprint density at radius 1 is 1.15 bits per heavy atom. The third kappa shape index (κ3) is 5.91. The van der Waals surface area contributed by atoms with E-state index >= 15 is 0 Å². The van der Waals surface area contributed by atoms with E-state index in [4.69, 9.17) is 10.2 Å². The minimum Gasteiger partial charge on any atom is -0.461 e. The van der Waals surface area contributed by atoms with Crippen LogP contribution in [0.2, 0.25) is 0 Å². The Labute approximate surface area is 224 Å². The summed E-state index contributed by atoms with van der Waals surface area (Å²) in [6, 6.07) is 8.19. The molecule has 0 atom stereocenters. The fourth-order valence-electron chi connectivity index (χ4n) is 4.39. The molecule has 13 nitrogen and oxygen atoms in total. The summed E-state index contributed by atoms with van der Waals surface area (Å²) in [6.45, 7) is 5.49. The van der Waals surface area contributed by atoms with Crippen molar-refractivity contribution in [2.75, 3.05) is 82.0 Å². The van der Waals surface area contributed by atoms with E-state index in [0.717, 1.165) is 19.6 Å². The zero-order chi connectivity index (χ0) is 27.4. The lowest BCUT2D eigenvalue weighted by Crippen LogP contribution is -2.48. The van der Waals surface area contributed by atoms with Crippen LogP contribution in [0.4, 0.5) is 22.0 Å². The quantitative estimate of drug-likeness (QED) is 0.246. The molecule has 5 rings (SSSR count). The maximum Gasteiger partial charge on any atom is 0.259 e. The van der Waals surface area contributed by atoms with Gasteiger partial charge in [0.05, 0.1) is 12.0 Å². The average Bonchev–Trinajstić information content (AvgIpc) is 3.63. The van der Waals surface area contributed by atoms with E-state index in [1.165, 1.54) is 10.6 Å². The maximum atomic E-state index is 14.9. The fourth-order valence-corrected chi connectivity index (χ4v) is 4.39. The molecule has 206 valence electrons. The smallest absolute Gasteiger partial charge is 0.259 e. The first-order valence-electron chi connectivity index (χ1n) is 12.8. The van der Waals surface area contributed by atoms with E-state index in [1.807, 2.05) is 23.9 Å². The monoisotopic (exact) mass is 537 g/mol. The van der Waals surface area contributed by atoms with E-state index < -0.39 is 5.82 Å². The van der Waals surface area contributed by atoms with Crippen molar-refractivity contribution in [2.24, 2.45) is 0 Å². The summed E-state index contributed by atoms with van der Waals surface area (Å²) in [7, 11) is 3.71. The molecule has 4 heterocycles. The molecule has 0 spiro atoms. The summed E-state index contributed by atoms with van der Waals surface area (Å²) in [5.41, 5.74) is 6.95. The Hall–Kier alpha value is -4.30. The maximum absolute atomic E-state index is 14.9. The summed E-state index contributed by atoms with van der Waals surface area (Å²) in [4.78, 5) is 31.8. The second-order valence-corrected chi connectivity index (χ2v) is 9.28. The van der Waals surface area contributed by atoms with Crippen LogP contribution in [0.1, 0.15) is 10.4 Å². The zero-order valence-electron chi connectivity index (χ0n) is 22.0. The van der Waals surface area contributed by atoms with Crippen LogP contribution in [-0.2, 0) is 0 Å². The minimum atomic E-state index is -0.390. The van der Waals surface area contributed by atoms with Crippen molar-refractivity contribution in [3.8, 4) is 11.6 Å². The third-order valence-corrected chi connectivity index (χ3v) is 6.64. The van der Waals surface area contributed by atoms with Crippen LogP contribution in [0.15, 0.2) is 41.0 Å². The highest BCUT2D eigenvalue weighted by Gasteiger charge is 2.21. The van der Waals surface area contributed by atoms with Crippen molar-refractivity contribution in [3.63, 3.8) is 0 Å². The van der Waals surface area contributed by atoms with Crippen molar-refractivity contribution in [3.05, 3.63) is 48.0 Å². The summed E-state index contributed by atoms with van der Waals surface area (Å²) in [6.07, 6.45) is 1.55. The van der Waals surface area contributed by atoms with E-state index in [9.17, 15) is 9.18 Å². The van der Waals surface area contributed by atoms with Gasteiger partial charge in [0.15, 0.2) is 5.76 Å². The largest absolute Gasteiger partial charge is 0.461 e. The lowest BCUT2D eigenvalue weighted by Gasteiger charge is -2.36. The predicted octanol–water partition coefficient (Wildman–Crippen LogP) is 0.708. The molecule has 0 saturated carbocycles. The number of fused-ring (bicyclic) bond motifs is 1. The van der Waals surface area contributed by atoms with Gasteiger partial charge in [-0.1, -0.05) is 0 Å². The number of hydrogen-bond acceptors (Lipinski definition) is 11. The minimum absolute atomic E-state index is 0.185. The molecule has 0 radical (unpaired) electrons. The molecule has 1 aliphatic rings. The first-order valence-corrected chi connectivity index (χ1v) is 12.8. The van der Waals surface area contributed by atoms with Gasteiger partial charge in [-0.3, -0.25) is 9.69 Å². The highest BCUT2D eigenvalue weighted by molar-refractivity contribution is 5.94. The predicted molar refractivity (Wildman–Crippen MR) is 145 cm³/mol. The first-order chi connectivity index (χ1) is 18.9. The molecule has 0 aliphatic carbocycles. The number of nitrogens with one attached hydrogen (secondary N) is 2. The Balaban J connectivity index is 1.14. The fraction of sp³-hybridized carbons (Fsp3) is 0.400. The topological polar surface area (TPSA) is 146 Å². The number of piperazine rings is 1. The lowest BCUT2D eigenvalue weighted by atomic mass is 10.1. The standard InChI is InChI=1S/C25H32FN11O2/c1-28-7-8-29-22(38)17-5-6-19(18(26)16-17)36-13-11-35(12-14-36)10-9-34(2)24-31-23(27)37-25(32-24)30-21(33-37)20-4-3-15-39-20/h3-6,15-16,28H,7-14H2,1-2H3,(H,29,38)(H2,27,30,31,32,33). The number of carbonyl (C=O) groups excluding carboxylic acids is 1. The number of carbonyl (C=O) groups is 1. The van der Waals surface area contributed by atoms with Gasteiger partial charge < -0.3 is 30.6 Å². The van der Waals surface area contributed by atoms with Gasteiger partial charge in [-0.2, -0.15) is 19.5 Å². The summed E-state index contributed by atoms with van der Waals surface area (Å²) in [5, 5.41) is 10.0. The third-order valence-electron chi connectivity index (χ3n) is 6.64. The number of hydrogen-bond donors (Lipinski definition) is 3. The van der Waals surface area contributed by atoms with Crippen molar-refractivity contribution >= 4 is 29.3 Å². The SMILES string of the molecule is CNCCNC(=O)c1ccc(N2CCN(CCN(C)c3nc(N)n4nc(-c5ccco5)nc4n3)CC2)c(F)c1. The summed E-state index contributed by atoms with van der Waals surface area (Å²) in [5.74, 6) is 1.22. The van der Waals surface area contributed by atoms with Gasteiger partial charge in [-0.15, -0.1) is 5.10 Å². The van der Waals surface area contributed by atoms with Gasteiger partial charge in [0.2, 0.25) is 17.7 Å². The molecule has 0 unspecified atom stereocenters. The van der Waals surface area contributed by atoms with Gasteiger partial charge in [-0.05, 0) is 37.4 Å². The van der Waals surface area contributed by atoms with Crippen LogP contribution in [0.3, 0.4) is 0 Å². The molecule has 39 heavy (non-hydrogen) atoms. The molecule has 1 saturated heterocycles. The van der Waals surface area contributed by atoms with E-state index in [2.05, 4.69) is 35.6 Å². The van der Waals surface area contributed by atoms with E-state index in [1.54, 1.807) is 30.5 Å². The number of anilines is 3. The molecule has 0 bridgehead atoms. The average molecular weight is 538 g/mol. The van der Waals surface area contributed by atoms with E-state index in [-0.39, 0.29) is 11.9 Å². The van der Waals surface area contributed by atoms with Crippen molar-refractivity contribution < 1.29 is 13.6 Å². The second-order valence-electron chi connectivity index (χ2n) is 9.28. The molecular weight excluding hydrogens is 505 g/mol. The highest BCUT2D eigenvalue weighted by Crippen LogP contribution is 2.22. The summed E-state index contributed by atoms with van der Waals surface area (Å²) < 4.78 is 21.6. The zero-order valence-corrected chi connectivity index (χ0v) is 22.0. The number of nitrogen functional groups attached to an aromatic ring is 1. The number of likely N-dealkylation sites (N-methyl/N-ethyl adjacent to an activating group) is 2. The van der Waals surface area contributed by atoms with Gasteiger partial charge in [0.25, 0.3) is 11.7 Å². The van der Waals surface area contributed by atoms with Gasteiger partial charge in [0.1, 0.15) is 5.82 Å². The first kappa shape index (κ1) is 26.3. The lowest BCUT2D eigenvalue weighted by molar-refractivity contribution is 0.0953. The molecular formula is C25H32FN11O2. The Morgan fingerprint density at radius 3 is 2.69 bits per heavy atom. The molecule has 1 amide bonds. The van der Waals surface area contributed by atoms with E-state index in [0.29, 0.717) is 67.3 Å². The number of nitrogens with two attached hydrogens (primary N) is 1. The van der Waals surface area contributed by atoms with Gasteiger partial charge in [-0.25, -0.2) is 4.39 Å². The number of aromatic nitrogens is 5. The molecule has 4 aromatic rings. The Bertz CT molecular complexity index is 1420. The molecule has 1 aromatic carbocycles. The number of nitrogens with zero attached hydrogens (tertiary/aromatic N) is 8. The number of rotatable bonds is 10. The number of halogens is 1. The Kier molecular flexibility index (Phi) is 7.84. The molecule has 1 aliphatic heterocycles. The van der Waals surface area contributed by atoms with Crippen molar-refractivity contribution in [2.45, 2.75) is 0 Å². The van der Waals surface area contributed by atoms with Crippen LogP contribution in [0.5, 0.6) is 0 Å². The van der Waals surface area contributed by atoms with Crippen LogP contribution in [0.25, 0.3) is 17.4 Å².